The van der Waals surface area contributed by atoms with E-state index in [4.69, 9.17) is 27.6 Å². The number of nitrogens with one attached hydrogen (secondary N) is 2. The number of rotatable bonds is 5. The molecule has 1 fully saturated rings. The first-order valence-corrected chi connectivity index (χ1v) is 12.7. The molecule has 2 amide bonds. The van der Waals surface area contributed by atoms with E-state index >= 15 is 0 Å². The van der Waals surface area contributed by atoms with E-state index in [0.29, 0.717) is 52.6 Å². The molecule has 2 aromatic heterocycles. The average molecular weight is 547 g/mol. The molecule has 0 radical (unpaired) electrons. The van der Waals surface area contributed by atoms with Crippen LogP contribution in [0.1, 0.15) is 39.8 Å². The van der Waals surface area contributed by atoms with E-state index in [1.54, 1.807) is 41.8 Å². The number of piperidine rings is 1. The molecule has 4 aromatic rings. The summed E-state index contributed by atoms with van der Waals surface area (Å²) in [6.07, 6.45) is 0.672. The fourth-order valence-electron chi connectivity index (χ4n) is 4.52. The Hall–Kier alpha value is -3.34. The number of benzene rings is 2. The van der Waals surface area contributed by atoms with Gasteiger partial charge in [0, 0.05) is 45.7 Å². The van der Waals surface area contributed by atoms with Crippen LogP contribution in [0.4, 0.5) is 10.5 Å². The van der Waals surface area contributed by atoms with E-state index < -0.39 is 11.8 Å². The molecule has 36 heavy (non-hydrogen) atoms. The van der Waals surface area contributed by atoms with Gasteiger partial charge in [0.15, 0.2) is 5.58 Å². The molecule has 0 spiro atoms. The molecule has 5 rings (SSSR count). The molecule has 2 atom stereocenters. The van der Waals surface area contributed by atoms with Crippen LogP contribution >= 0.6 is 34.5 Å². The minimum absolute atomic E-state index is 0.0114. The van der Waals surface area contributed by atoms with Crippen molar-refractivity contribution in [2.45, 2.75) is 31.2 Å². The predicted molar refractivity (Wildman–Crippen MR) is 138 cm³/mol. The molecular weight excluding hydrogens is 527 g/mol. The van der Waals surface area contributed by atoms with E-state index in [0.717, 1.165) is 10.6 Å². The molecule has 0 aliphatic carbocycles. The molecule has 9 nitrogen and oxygen atoms in total. The highest BCUT2D eigenvalue weighted by Crippen LogP contribution is 2.35. The van der Waals surface area contributed by atoms with Gasteiger partial charge in [-0.2, -0.15) is 0 Å². The number of hydrogen-bond donors (Lipinski definition) is 3. The lowest BCUT2D eigenvalue weighted by atomic mass is 9.88. The second-order valence-corrected chi connectivity index (χ2v) is 10.3. The van der Waals surface area contributed by atoms with Gasteiger partial charge >= 0.3 is 11.8 Å². The van der Waals surface area contributed by atoms with Crippen LogP contribution < -0.4 is 11.1 Å². The SMILES string of the molecule is O=C(Nc1ccc2[nH]c(=O)oc2c1)c1csc(C2CCN(C(=O)O)C(Cc3cc(Cl)cc(Cl)c3)C2)n1. The molecular formula is C24H20Cl2N4O5S. The van der Waals surface area contributed by atoms with E-state index in [1.807, 2.05) is 0 Å². The Morgan fingerprint density at radius 1 is 1.22 bits per heavy atom. The Bertz CT molecular complexity index is 1490. The molecule has 1 aliphatic rings. The van der Waals surface area contributed by atoms with Gasteiger partial charge < -0.3 is 19.7 Å². The summed E-state index contributed by atoms with van der Waals surface area (Å²) in [5, 5.41) is 16.0. The minimum atomic E-state index is -0.971. The predicted octanol–water partition coefficient (Wildman–Crippen LogP) is 5.61. The van der Waals surface area contributed by atoms with Crippen LogP contribution in [0, 0.1) is 0 Å². The van der Waals surface area contributed by atoms with E-state index in [2.05, 4.69) is 15.3 Å². The first-order chi connectivity index (χ1) is 17.2. The van der Waals surface area contributed by atoms with Crippen LogP contribution in [-0.2, 0) is 6.42 Å². The summed E-state index contributed by atoms with van der Waals surface area (Å²) in [6, 6.07) is 9.81. The van der Waals surface area contributed by atoms with Gasteiger partial charge in [0.25, 0.3) is 5.91 Å². The Morgan fingerprint density at radius 2 is 2.00 bits per heavy atom. The molecule has 0 bridgehead atoms. The Morgan fingerprint density at radius 3 is 2.75 bits per heavy atom. The number of halogens is 2. The molecule has 2 aromatic carbocycles. The topological polar surface area (TPSA) is 129 Å². The minimum Gasteiger partial charge on any atom is -0.465 e. The summed E-state index contributed by atoms with van der Waals surface area (Å²) in [7, 11) is 0. The number of carbonyl (C=O) groups excluding carboxylic acids is 1. The van der Waals surface area contributed by atoms with Gasteiger partial charge in [-0.3, -0.25) is 9.78 Å². The van der Waals surface area contributed by atoms with Crippen molar-refractivity contribution >= 4 is 63.3 Å². The van der Waals surface area contributed by atoms with Crippen molar-refractivity contribution in [2.75, 3.05) is 11.9 Å². The first-order valence-electron chi connectivity index (χ1n) is 11.1. The number of thiazole rings is 1. The van der Waals surface area contributed by atoms with Crippen molar-refractivity contribution in [1.82, 2.24) is 14.9 Å². The lowest BCUT2D eigenvalue weighted by Crippen LogP contribution is -2.46. The highest BCUT2D eigenvalue weighted by molar-refractivity contribution is 7.10. The number of likely N-dealkylation sites (tertiary alicyclic amines) is 1. The summed E-state index contributed by atoms with van der Waals surface area (Å²) in [5.74, 6) is -0.941. The largest absolute Gasteiger partial charge is 0.465 e. The number of aromatic nitrogens is 2. The van der Waals surface area contributed by atoms with Crippen LogP contribution in [0.3, 0.4) is 0 Å². The molecule has 186 valence electrons. The lowest BCUT2D eigenvalue weighted by molar-refractivity contribution is 0.101. The molecule has 12 heteroatoms. The van der Waals surface area contributed by atoms with Crippen molar-refractivity contribution in [3.05, 3.63) is 78.6 Å². The number of anilines is 1. The smallest absolute Gasteiger partial charge is 0.417 e. The number of oxazole rings is 1. The van der Waals surface area contributed by atoms with E-state index in [-0.39, 0.29) is 23.6 Å². The Kier molecular flexibility index (Phi) is 6.74. The Labute approximate surface area is 218 Å². The Balaban J connectivity index is 1.30. The monoisotopic (exact) mass is 546 g/mol. The average Bonchev–Trinajstić information content (AvgIpc) is 3.44. The number of fused-ring (bicyclic) bond motifs is 1. The maximum absolute atomic E-state index is 12.8. The zero-order valence-corrected chi connectivity index (χ0v) is 21.0. The first kappa shape index (κ1) is 24.4. The van der Waals surface area contributed by atoms with Gasteiger partial charge in [-0.25, -0.2) is 14.6 Å². The highest BCUT2D eigenvalue weighted by Gasteiger charge is 2.34. The molecule has 2 unspecified atom stereocenters. The van der Waals surface area contributed by atoms with Crippen molar-refractivity contribution in [2.24, 2.45) is 0 Å². The maximum Gasteiger partial charge on any atom is 0.417 e. The quantitative estimate of drug-likeness (QED) is 0.298. The molecule has 1 saturated heterocycles. The van der Waals surface area contributed by atoms with Crippen LogP contribution in [-0.4, -0.2) is 44.6 Å². The molecule has 3 N–H and O–H groups in total. The second kappa shape index (κ2) is 9.96. The van der Waals surface area contributed by atoms with E-state index in [1.165, 1.54) is 16.2 Å². The second-order valence-electron chi connectivity index (χ2n) is 8.58. The molecule has 0 saturated carbocycles. The number of aromatic amines is 1. The van der Waals surface area contributed by atoms with Gasteiger partial charge in [0.2, 0.25) is 0 Å². The maximum atomic E-state index is 12.8. The van der Waals surface area contributed by atoms with Gasteiger partial charge in [0.05, 0.1) is 10.5 Å². The van der Waals surface area contributed by atoms with E-state index in [9.17, 15) is 19.5 Å². The molecule has 1 aliphatic heterocycles. The summed E-state index contributed by atoms with van der Waals surface area (Å²) in [6.45, 7) is 0.363. The zero-order chi connectivity index (χ0) is 25.4. The summed E-state index contributed by atoms with van der Waals surface area (Å²) in [4.78, 5) is 44.5. The van der Waals surface area contributed by atoms with Gasteiger partial charge in [-0.15, -0.1) is 11.3 Å². The number of amides is 2. The fraction of sp³-hybridized carbons (Fsp3) is 0.250. The number of carbonyl (C=O) groups is 2. The van der Waals surface area contributed by atoms with Crippen LogP contribution in [0.15, 0.2) is 51.0 Å². The number of carboxylic acid groups (broad SMARTS) is 1. The van der Waals surface area contributed by atoms with Crippen LogP contribution in [0.2, 0.25) is 10.0 Å². The number of nitrogens with zero attached hydrogens (tertiary/aromatic N) is 2. The number of hydrogen-bond acceptors (Lipinski definition) is 6. The van der Waals surface area contributed by atoms with Crippen molar-refractivity contribution in [3.63, 3.8) is 0 Å². The van der Waals surface area contributed by atoms with Crippen molar-refractivity contribution in [1.29, 1.82) is 0 Å². The van der Waals surface area contributed by atoms with Crippen LogP contribution in [0.25, 0.3) is 11.1 Å². The summed E-state index contributed by atoms with van der Waals surface area (Å²) >= 11 is 13.6. The van der Waals surface area contributed by atoms with Gasteiger partial charge in [-0.05, 0) is 55.2 Å². The molecule has 3 heterocycles. The standard InChI is InChI=1S/C24H20Cl2N4O5S/c25-14-5-12(6-15(26)9-14)7-17-8-13(3-4-30(17)24(33)34)22-28-19(11-36-22)21(31)27-16-1-2-18-20(10-16)35-23(32)29-18/h1-2,5-6,9-11,13,17H,3-4,7-8H2,(H,27,31)(H,29,32)(H,33,34). The third kappa shape index (κ3) is 5.25. The van der Waals surface area contributed by atoms with Crippen LogP contribution in [0.5, 0.6) is 0 Å². The lowest BCUT2D eigenvalue weighted by Gasteiger charge is -2.37. The fourth-order valence-corrected chi connectivity index (χ4v) is 6.04. The summed E-state index contributed by atoms with van der Waals surface area (Å²) < 4.78 is 5.03. The van der Waals surface area contributed by atoms with Crippen molar-refractivity contribution in [3.8, 4) is 0 Å². The highest BCUT2D eigenvalue weighted by atomic mass is 35.5. The third-order valence-corrected chi connectivity index (χ3v) is 7.58. The summed E-state index contributed by atoms with van der Waals surface area (Å²) in [5.41, 5.74) is 2.48. The normalized spacial score (nSPS) is 17.9. The third-order valence-electron chi connectivity index (χ3n) is 6.14. The number of H-pyrrole nitrogens is 1. The van der Waals surface area contributed by atoms with Crippen molar-refractivity contribution < 1.29 is 19.1 Å². The zero-order valence-electron chi connectivity index (χ0n) is 18.7. The van der Waals surface area contributed by atoms with Gasteiger partial charge in [-0.1, -0.05) is 23.2 Å². The van der Waals surface area contributed by atoms with Gasteiger partial charge in [0.1, 0.15) is 5.69 Å².